The highest BCUT2D eigenvalue weighted by Crippen LogP contribution is 2.39. The number of aliphatic imine (C=N–C) groups is 1. The standard InChI is InChI=1S/C27H23BrN2O5S/c1-30-25(31)23(36-27(30)29-20-11-9-19(10-12-20)26(32)34-3)15-18-13-21(28)24(22(14-18)33-2)35-16-17-7-5-4-6-8-17/h4-15H,16H2,1-3H3. The summed E-state index contributed by atoms with van der Waals surface area (Å²) < 4.78 is 17.0. The second-order valence-corrected chi connectivity index (χ2v) is 9.58. The molecule has 0 atom stereocenters. The maximum atomic E-state index is 12.9. The number of amides is 1. The van der Waals surface area contributed by atoms with Crippen molar-refractivity contribution in [1.29, 1.82) is 0 Å². The average Bonchev–Trinajstić information content (AvgIpc) is 3.15. The Hall–Kier alpha value is -3.56. The molecular formula is C27H23BrN2O5S. The molecule has 9 heteroatoms. The summed E-state index contributed by atoms with van der Waals surface area (Å²) in [6.45, 7) is 0.399. The Kier molecular flexibility index (Phi) is 8.12. The van der Waals surface area contributed by atoms with E-state index in [1.54, 1.807) is 44.5 Å². The third-order valence-corrected chi connectivity index (χ3v) is 6.94. The van der Waals surface area contributed by atoms with Crippen LogP contribution in [0, 0.1) is 0 Å². The molecule has 1 aliphatic rings. The lowest BCUT2D eigenvalue weighted by molar-refractivity contribution is -0.121. The first-order valence-corrected chi connectivity index (χ1v) is 12.5. The molecule has 0 aliphatic carbocycles. The van der Waals surface area contributed by atoms with Crippen molar-refractivity contribution in [2.45, 2.75) is 6.61 Å². The van der Waals surface area contributed by atoms with Crippen LogP contribution in [0.5, 0.6) is 11.5 Å². The monoisotopic (exact) mass is 566 g/mol. The van der Waals surface area contributed by atoms with E-state index in [1.807, 2.05) is 42.5 Å². The number of likely N-dealkylation sites (N-methyl/N-ethyl adjacent to an activating group) is 1. The van der Waals surface area contributed by atoms with Gasteiger partial charge in [-0.3, -0.25) is 9.69 Å². The molecule has 7 nitrogen and oxygen atoms in total. The largest absolute Gasteiger partial charge is 0.493 e. The van der Waals surface area contributed by atoms with Crippen LogP contribution in [0.3, 0.4) is 0 Å². The predicted molar refractivity (Wildman–Crippen MR) is 145 cm³/mol. The summed E-state index contributed by atoms with van der Waals surface area (Å²) in [4.78, 5) is 31.1. The molecule has 3 aromatic carbocycles. The van der Waals surface area contributed by atoms with Gasteiger partial charge in [0, 0.05) is 7.05 Å². The highest BCUT2D eigenvalue weighted by molar-refractivity contribution is 9.10. The zero-order valence-electron chi connectivity index (χ0n) is 19.9. The van der Waals surface area contributed by atoms with Crippen molar-refractivity contribution in [3.8, 4) is 11.5 Å². The number of nitrogens with zero attached hydrogens (tertiary/aromatic N) is 2. The normalized spacial score (nSPS) is 15.4. The van der Waals surface area contributed by atoms with Crippen LogP contribution in [0.1, 0.15) is 21.5 Å². The van der Waals surface area contributed by atoms with Gasteiger partial charge in [-0.05, 0) is 81.3 Å². The van der Waals surface area contributed by atoms with Crippen LogP contribution >= 0.6 is 27.7 Å². The van der Waals surface area contributed by atoms with Crippen molar-refractivity contribution < 1.29 is 23.8 Å². The number of carbonyl (C=O) groups excluding carboxylic acids is 2. The summed E-state index contributed by atoms with van der Waals surface area (Å²) in [5.74, 6) is 0.559. The predicted octanol–water partition coefficient (Wildman–Crippen LogP) is 6.06. The molecule has 0 unspecified atom stereocenters. The molecule has 0 aromatic heterocycles. The minimum Gasteiger partial charge on any atom is -0.493 e. The molecule has 1 aliphatic heterocycles. The van der Waals surface area contributed by atoms with Crippen molar-refractivity contribution in [3.63, 3.8) is 0 Å². The van der Waals surface area contributed by atoms with Gasteiger partial charge in [0.1, 0.15) is 6.61 Å². The van der Waals surface area contributed by atoms with E-state index in [0.29, 0.717) is 43.9 Å². The number of hydrogen-bond acceptors (Lipinski definition) is 7. The number of thioether (sulfide) groups is 1. The summed E-state index contributed by atoms with van der Waals surface area (Å²) in [6.07, 6.45) is 1.79. The van der Waals surface area contributed by atoms with Crippen molar-refractivity contribution in [2.24, 2.45) is 4.99 Å². The summed E-state index contributed by atoms with van der Waals surface area (Å²) >= 11 is 4.84. The fourth-order valence-corrected chi connectivity index (χ4v) is 4.96. The van der Waals surface area contributed by atoms with E-state index in [1.165, 1.54) is 23.8 Å². The van der Waals surface area contributed by atoms with Crippen LogP contribution in [0.15, 0.2) is 81.1 Å². The fraction of sp³-hybridized carbons (Fsp3) is 0.148. The smallest absolute Gasteiger partial charge is 0.337 e. The van der Waals surface area contributed by atoms with E-state index in [9.17, 15) is 9.59 Å². The van der Waals surface area contributed by atoms with Gasteiger partial charge in [-0.15, -0.1) is 0 Å². The first-order chi connectivity index (χ1) is 17.4. The third kappa shape index (κ3) is 5.80. The van der Waals surface area contributed by atoms with E-state index in [2.05, 4.69) is 20.9 Å². The van der Waals surface area contributed by atoms with E-state index < -0.39 is 5.97 Å². The van der Waals surface area contributed by atoms with Crippen LogP contribution in [0.25, 0.3) is 6.08 Å². The lowest BCUT2D eigenvalue weighted by atomic mass is 10.1. The highest BCUT2D eigenvalue weighted by atomic mass is 79.9. The SMILES string of the molecule is COC(=O)c1ccc(N=C2SC(=Cc3cc(Br)c(OCc4ccccc4)c(OC)c3)C(=O)N2C)cc1. The zero-order valence-corrected chi connectivity index (χ0v) is 22.3. The van der Waals surface area contributed by atoms with Gasteiger partial charge in [0.05, 0.1) is 34.8 Å². The molecule has 1 fully saturated rings. The van der Waals surface area contributed by atoms with Gasteiger partial charge in [-0.2, -0.15) is 0 Å². The Morgan fingerprint density at radius 3 is 2.47 bits per heavy atom. The number of carbonyl (C=O) groups is 2. The Morgan fingerprint density at radius 1 is 1.08 bits per heavy atom. The minimum absolute atomic E-state index is 0.163. The summed E-state index contributed by atoms with van der Waals surface area (Å²) in [5, 5.41) is 0.533. The molecular weight excluding hydrogens is 544 g/mol. The van der Waals surface area contributed by atoms with Crippen LogP contribution in [-0.4, -0.2) is 43.2 Å². The van der Waals surface area contributed by atoms with E-state index in [4.69, 9.17) is 14.2 Å². The van der Waals surface area contributed by atoms with E-state index in [0.717, 1.165) is 11.1 Å². The molecule has 1 saturated heterocycles. The van der Waals surface area contributed by atoms with Gasteiger partial charge in [0.2, 0.25) is 0 Å². The number of rotatable bonds is 7. The molecule has 1 amide bonds. The molecule has 0 spiro atoms. The number of benzene rings is 3. The molecule has 0 N–H and O–H groups in total. The molecule has 0 saturated carbocycles. The molecule has 0 radical (unpaired) electrons. The Labute approximate surface area is 221 Å². The Bertz CT molecular complexity index is 1340. The lowest BCUT2D eigenvalue weighted by Gasteiger charge is -2.14. The van der Waals surface area contributed by atoms with E-state index >= 15 is 0 Å². The summed E-state index contributed by atoms with van der Waals surface area (Å²) in [7, 11) is 4.59. The van der Waals surface area contributed by atoms with Crippen LogP contribution in [-0.2, 0) is 16.1 Å². The number of methoxy groups -OCH3 is 2. The molecule has 4 rings (SSSR count). The lowest BCUT2D eigenvalue weighted by Crippen LogP contribution is -2.23. The summed E-state index contributed by atoms with van der Waals surface area (Å²) in [5.41, 5.74) is 2.87. The maximum Gasteiger partial charge on any atom is 0.337 e. The fourth-order valence-electron chi connectivity index (χ4n) is 3.40. The van der Waals surface area contributed by atoms with Crippen molar-refractivity contribution >= 4 is 56.5 Å². The van der Waals surface area contributed by atoms with Gasteiger partial charge < -0.3 is 14.2 Å². The first kappa shape index (κ1) is 25.5. The van der Waals surface area contributed by atoms with Crippen molar-refractivity contribution in [2.75, 3.05) is 21.3 Å². The first-order valence-electron chi connectivity index (χ1n) is 10.9. The zero-order chi connectivity index (χ0) is 25.7. The number of amidine groups is 1. The van der Waals surface area contributed by atoms with Gasteiger partial charge in [0.15, 0.2) is 16.7 Å². The van der Waals surface area contributed by atoms with Crippen molar-refractivity contribution in [1.82, 2.24) is 4.90 Å². The molecule has 3 aromatic rings. The second kappa shape index (κ2) is 11.5. The Morgan fingerprint density at radius 2 is 1.81 bits per heavy atom. The second-order valence-electron chi connectivity index (χ2n) is 7.72. The third-order valence-electron chi connectivity index (χ3n) is 5.29. The van der Waals surface area contributed by atoms with Gasteiger partial charge in [0.25, 0.3) is 5.91 Å². The quantitative estimate of drug-likeness (QED) is 0.255. The van der Waals surface area contributed by atoms with Gasteiger partial charge in [-0.25, -0.2) is 9.79 Å². The molecule has 0 bridgehead atoms. The highest BCUT2D eigenvalue weighted by Gasteiger charge is 2.30. The number of hydrogen-bond donors (Lipinski definition) is 0. The van der Waals surface area contributed by atoms with Crippen LogP contribution < -0.4 is 9.47 Å². The van der Waals surface area contributed by atoms with Crippen LogP contribution in [0.2, 0.25) is 0 Å². The maximum absolute atomic E-state index is 12.9. The topological polar surface area (TPSA) is 77.4 Å². The minimum atomic E-state index is -0.417. The number of halogens is 1. The summed E-state index contributed by atoms with van der Waals surface area (Å²) in [6, 6.07) is 20.2. The van der Waals surface area contributed by atoms with Gasteiger partial charge >= 0.3 is 5.97 Å². The number of ether oxygens (including phenoxy) is 3. The Balaban J connectivity index is 1.54. The van der Waals surface area contributed by atoms with Crippen LogP contribution in [0.4, 0.5) is 5.69 Å². The average molecular weight is 567 g/mol. The van der Waals surface area contributed by atoms with E-state index in [-0.39, 0.29) is 5.91 Å². The van der Waals surface area contributed by atoms with Crippen molar-refractivity contribution in [3.05, 3.63) is 92.8 Å². The molecule has 36 heavy (non-hydrogen) atoms. The number of esters is 1. The molecule has 184 valence electrons. The molecule has 1 heterocycles. The van der Waals surface area contributed by atoms with Gasteiger partial charge in [-0.1, -0.05) is 30.3 Å².